The highest BCUT2D eigenvalue weighted by Gasteiger charge is 2.36. The Balaban J connectivity index is 1.69. The van der Waals surface area contributed by atoms with Crippen LogP contribution in [0.25, 0.3) is 0 Å². The van der Waals surface area contributed by atoms with Gasteiger partial charge in [-0.2, -0.15) is 5.10 Å². The molecule has 0 bridgehead atoms. The summed E-state index contributed by atoms with van der Waals surface area (Å²) >= 11 is 1.65. The van der Waals surface area contributed by atoms with Gasteiger partial charge in [-0.3, -0.25) is 9.89 Å². The number of rotatable bonds is 5. The Morgan fingerprint density at radius 2 is 2.32 bits per heavy atom. The Labute approximate surface area is 133 Å². The van der Waals surface area contributed by atoms with Crippen molar-refractivity contribution in [3.63, 3.8) is 0 Å². The first-order chi connectivity index (χ1) is 10.5. The summed E-state index contributed by atoms with van der Waals surface area (Å²) in [6.45, 7) is 3.84. The van der Waals surface area contributed by atoms with Gasteiger partial charge in [0.15, 0.2) is 0 Å². The van der Waals surface area contributed by atoms with Crippen molar-refractivity contribution in [2.75, 3.05) is 0 Å². The van der Waals surface area contributed by atoms with E-state index in [4.69, 9.17) is 0 Å². The molecule has 0 aliphatic heterocycles. The number of amides is 1. The molecule has 6 heteroatoms. The maximum absolute atomic E-state index is 12.4. The molecule has 1 saturated carbocycles. The normalized spacial score (nSPS) is 22.1. The molecule has 22 heavy (non-hydrogen) atoms. The van der Waals surface area contributed by atoms with Crippen LogP contribution in [0.5, 0.6) is 0 Å². The molecule has 0 radical (unpaired) electrons. The van der Waals surface area contributed by atoms with E-state index in [1.807, 2.05) is 25.3 Å². The third-order valence-electron chi connectivity index (χ3n) is 4.41. The van der Waals surface area contributed by atoms with E-state index in [9.17, 15) is 9.90 Å². The molecule has 3 rings (SSSR count). The number of aryl methyl sites for hydroxylation is 2. The van der Waals surface area contributed by atoms with E-state index >= 15 is 0 Å². The lowest BCUT2D eigenvalue weighted by Gasteiger charge is -2.37. The van der Waals surface area contributed by atoms with Gasteiger partial charge in [0, 0.05) is 16.1 Å². The Kier molecular flexibility index (Phi) is 4.31. The maximum atomic E-state index is 12.4. The lowest BCUT2D eigenvalue weighted by Crippen LogP contribution is -2.41. The van der Waals surface area contributed by atoms with Gasteiger partial charge in [0.25, 0.3) is 0 Å². The highest BCUT2D eigenvalue weighted by atomic mass is 32.1. The quantitative estimate of drug-likeness (QED) is 0.791. The zero-order valence-electron chi connectivity index (χ0n) is 12.8. The van der Waals surface area contributed by atoms with Gasteiger partial charge >= 0.3 is 0 Å². The van der Waals surface area contributed by atoms with Gasteiger partial charge in [0.05, 0.1) is 24.3 Å². The first kappa shape index (κ1) is 15.2. The van der Waals surface area contributed by atoms with Gasteiger partial charge in [0.2, 0.25) is 5.91 Å². The molecule has 0 aromatic carbocycles. The van der Waals surface area contributed by atoms with E-state index in [1.165, 1.54) is 0 Å². The molecule has 2 aromatic rings. The van der Waals surface area contributed by atoms with Gasteiger partial charge in [-0.15, -0.1) is 11.3 Å². The van der Waals surface area contributed by atoms with E-state index in [0.717, 1.165) is 34.7 Å². The zero-order valence-corrected chi connectivity index (χ0v) is 13.6. The van der Waals surface area contributed by atoms with Crippen LogP contribution in [0.3, 0.4) is 0 Å². The molecular formula is C16H21N3O2S. The van der Waals surface area contributed by atoms with Gasteiger partial charge in [0.1, 0.15) is 0 Å². The van der Waals surface area contributed by atoms with Crippen LogP contribution in [0.15, 0.2) is 17.5 Å². The summed E-state index contributed by atoms with van der Waals surface area (Å²) in [5.41, 5.74) is 2.79. The first-order valence-electron chi connectivity index (χ1n) is 7.56. The van der Waals surface area contributed by atoms with Crippen LogP contribution in [0.4, 0.5) is 0 Å². The van der Waals surface area contributed by atoms with Crippen molar-refractivity contribution in [3.8, 4) is 0 Å². The number of H-pyrrole nitrogens is 1. The second-order valence-corrected chi connectivity index (χ2v) is 7.01. The molecule has 1 amide bonds. The fourth-order valence-electron chi connectivity index (χ4n) is 3.01. The number of nitrogens with zero attached hydrogens (tertiary/aromatic N) is 1. The number of carbonyl (C=O) groups is 1. The van der Waals surface area contributed by atoms with Crippen LogP contribution in [0.2, 0.25) is 0 Å². The summed E-state index contributed by atoms with van der Waals surface area (Å²) < 4.78 is 0. The monoisotopic (exact) mass is 319 g/mol. The van der Waals surface area contributed by atoms with Crippen molar-refractivity contribution in [2.45, 2.75) is 45.3 Å². The molecule has 1 atom stereocenters. The minimum Gasteiger partial charge on any atom is -0.393 e. The van der Waals surface area contributed by atoms with Gasteiger partial charge < -0.3 is 10.4 Å². The lowest BCUT2D eigenvalue weighted by atomic mass is 9.76. The average Bonchev–Trinajstić information content (AvgIpc) is 3.07. The smallest absolute Gasteiger partial charge is 0.225 e. The number of hydrogen-bond donors (Lipinski definition) is 3. The van der Waals surface area contributed by atoms with Gasteiger partial charge in [-0.1, -0.05) is 6.07 Å². The zero-order chi connectivity index (χ0) is 15.7. The Morgan fingerprint density at radius 3 is 2.86 bits per heavy atom. The summed E-state index contributed by atoms with van der Waals surface area (Å²) in [4.78, 5) is 13.6. The number of aromatic nitrogens is 2. The van der Waals surface area contributed by atoms with Crippen molar-refractivity contribution in [2.24, 2.45) is 5.92 Å². The van der Waals surface area contributed by atoms with Crippen molar-refractivity contribution in [1.82, 2.24) is 15.5 Å². The predicted octanol–water partition coefficient (Wildman–Crippen LogP) is 2.26. The summed E-state index contributed by atoms with van der Waals surface area (Å²) in [5.74, 6) is 0.330. The molecule has 2 aromatic heterocycles. The molecule has 0 spiro atoms. The van der Waals surface area contributed by atoms with Crippen molar-refractivity contribution >= 4 is 17.2 Å². The number of carbonyl (C=O) groups excluding carboxylic acids is 1. The summed E-state index contributed by atoms with van der Waals surface area (Å²) in [6, 6.07) is 4.05. The largest absolute Gasteiger partial charge is 0.393 e. The fourth-order valence-corrected chi connectivity index (χ4v) is 3.88. The third-order valence-corrected chi connectivity index (χ3v) is 5.36. The number of aliphatic hydroxyl groups is 1. The van der Waals surface area contributed by atoms with Crippen LogP contribution >= 0.6 is 11.3 Å². The van der Waals surface area contributed by atoms with Crippen LogP contribution in [0, 0.1) is 19.8 Å². The topological polar surface area (TPSA) is 78.0 Å². The molecule has 1 aliphatic carbocycles. The number of thiophene rings is 1. The number of aliphatic hydroxyl groups excluding tert-OH is 1. The van der Waals surface area contributed by atoms with Gasteiger partial charge in [-0.05, 0) is 44.1 Å². The minimum atomic E-state index is -0.220. The molecule has 0 unspecified atom stereocenters. The molecule has 118 valence electrons. The summed E-state index contributed by atoms with van der Waals surface area (Å²) in [7, 11) is 0. The first-order valence-corrected chi connectivity index (χ1v) is 8.44. The Hall–Kier alpha value is -1.66. The molecule has 5 nitrogen and oxygen atoms in total. The summed E-state index contributed by atoms with van der Waals surface area (Å²) in [5, 5.41) is 21.8. The van der Waals surface area contributed by atoms with Gasteiger partial charge in [-0.25, -0.2) is 0 Å². The highest BCUT2D eigenvalue weighted by Crippen LogP contribution is 2.39. The predicted molar refractivity (Wildman–Crippen MR) is 85.7 cm³/mol. The number of nitrogens with one attached hydrogen (secondary N) is 2. The number of hydrogen-bond acceptors (Lipinski definition) is 4. The van der Waals surface area contributed by atoms with E-state index in [2.05, 4.69) is 21.6 Å². The van der Waals surface area contributed by atoms with Crippen LogP contribution in [-0.2, 0) is 11.2 Å². The van der Waals surface area contributed by atoms with E-state index in [-0.39, 0.29) is 18.1 Å². The SMILES string of the molecule is Cc1n[nH]c(C)c1CC(=O)N[C@H](c1cccs1)C1CC(O)C1. The fraction of sp³-hybridized carbons (Fsp3) is 0.500. The molecule has 2 heterocycles. The van der Waals surface area contributed by atoms with Crippen LogP contribution < -0.4 is 5.32 Å². The van der Waals surface area contributed by atoms with Crippen molar-refractivity contribution in [3.05, 3.63) is 39.3 Å². The Bertz CT molecular complexity index is 625. The lowest BCUT2D eigenvalue weighted by molar-refractivity contribution is -0.122. The third kappa shape index (κ3) is 3.08. The van der Waals surface area contributed by atoms with Crippen molar-refractivity contribution in [1.29, 1.82) is 0 Å². The highest BCUT2D eigenvalue weighted by molar-refractivity contribution is 7.10. The summed E-state index contributed by atoms with van der Waals surface area (Å²) in [6.07, 6.45) is 1.63. The maximum Gasteiger partial charge on any atom is 0.225 e. The van der Waals surface area contributed by atoms with Crippen LogP contribution in [0.1, 0.15) is 40.7 Å². The van der Waals surface area contributed by atoms with E-state index in [0.29, 0.717) is 12.3 Å². The average molecular weight is 319 g/mol. The van der Waals surface area contributed by atoms with Crippen LogP contribution in [-0.4, -0.2) is 27.3 Å². The molecule has 0 saturated heterocycles. The molecule has 1 fully saturated rings. The number of aromatic amines is 1. The minimum absolute atomic E-state index is 0.00316. The molecular weight excluding hydrogens is 298 g/mol. The Morgan fingerprint density at radius 1 is 1.55 bits per heavy atom. The van der Waals surface area contributed by atoms with E-state index in [1.54, 1.807) is 11.3 Å². The second kappa shape index (κ2) is 6.22. The van der Waals surface area contributed by atoms with Crippen molar-refractivity contribution < 1.29 is 9.90 Å². The second-order valence-electron chi connectivity index (χ2n) is 6.04. The standard InChI is InChI=1S/C16H21N3O2S/c1-9-13(10(2)19-18-9)8-15(21)17-16(11-6-12(20)7-11)14-4-3-5-22-14/h3-5,11-12,16,20H,6-8H2,1-2H3,(H,17,21)(H,18,19)/t11?,12?,16-/m0/s1. The van der Waals surface area contributed by atoms with E-state index < -0.39 is 0 Å². The molecule has 3 N–H and O–H groups in total. The molecule has 1 aliphatic rings.